The molecule has 0 spiro atoms. The van der Waals surface area contributed by atoms with Crippen molar-refractivity contribution in [1.82, 2.24) is 44.3 Å². The number of nitrogens with zero attached hydrogens (tertiary/aromatic N) is 9. The van der Waals surface area contributed by atoms with Gasteiger partial charge in [-0.25, -0.2) is 14.0 Å². The third-order valence-corrected chi connectivity index (χ3v) is 6.67. The zero-order valence-electron chi connectivity index (χ0n) is 21.3. The van der Waals surface area contributed by atoms with Crippen molar-refractivity contribution in [2.75, 3.05) is 0 Å². The largest absolute Gasteiger partial charge is 0.276 e. The molecule has 0 saturated carbocycles. The van der Waals surface area contributed by atoms with Gasteiger partial charge in [0.2, 0.25) is 0 Å². The van der Waals surface area contributed by atoms with Gasteiger partial charge in [-0.1, -0.05) is 48.5 Å². The van der Waals surface area contributed by atoms with Gasteiger partial charge in [-0.3, -0.25) is 15.0 Å². The number of rotatable bonds is 7. The van der Waals surface area contributed by atoms with E-state index in [0.29, 0.717) is 0 Å². The maximum Gasteiger partial charge on any atom is 0.276 e. The number of benzene rings is 1. The van der Waals surface area contributed by atoms with Crippen LogP contribution in [-0.2, 0) is 5.79 Å². The minimum absolute atomic E-state index is 0.732. The third-order valence-electron chi connectivity index (χ3n) is 6.67. The molecule has 192 valence electrons. The predicted molar refractivity (Wildman–Crippen MR) is 151 cm³/mol. The first-order valence-corrected chi connectivity index (χ1v) is 12.8. The predicted octanol–water partition coefficient (Wildman–Crippen LogP) is 5.22. The van der Waals surface area contributed by atoms with Crippen molar-refractivity contribution in [2.45, 2.75) is 5.79 Å². The van der Waals surface area contributed by atoms with Gasteiger partial charge in [0.05, 0.1) is 17.1 Å². The van der Waals surface area contributed by atoms with Gasteiger partial charge in [-0.15, -0.1) is 0 Å². The molecule has 0 unspecified atom stereocenters. The monoisotopic (exact) mass is 521 g/mol. The average Bonchev–Trinajstić information content (AvgIpc) is 3.83. The Balaban J connectivity index is 1.49. The molecule has 0 atom stereocenters. The SMILES string of the molecule is c1ccc(C(n2ccc(-c3ccccn3)n2)(n2ccc(-c3ccccn3)n2)n2ccc(-c3ccccn3)n2)cc1. The first-order chi connectivity index (χ1) is 19.8. The van der Waals surface area contributed by atoms with E-state index in [1.807, 2.05) is 136 Å². The van der Waals surface area contributed by atoms with Gasteiger partial charge in [-0.05, 0) is 54.6 Å². The highest BCUT2D eigenvalue weighted by molar-refractivity contribution is 5.55. The Bertz CT molecular complexity index is 1650. The van der Waals surface area contributed by atoms with E-state index in [4.69, 9.17) is 15.3 Å². The summed E-state index contributed by atoms with van der Waals surface area (Å²) in [5, 5.41) is 15.1. The van der Waals surface area contributed by atoms with Crippen LogP contribution in [0.15, 0.2) is 140 Å². The third kappa shape index (κ3) is 3.97. The summed E-state index contributed by atoms with van der Waals surface area (Å²) in [5.74, 6) is -1.14. The molecule has 1 aromatic carbocycles. The summed E-state index contributed by atoms with van der Waals surface area (Å²) >= 11 is 0. The van der Waals surface area contributed by atoms with Crippen LogP contribution in [0, 0.1) is 0 Å². The van der Waals surface area contributed by atoms with E-state index in [2.05, 4.69) is 15.0 Å². The van der Waals surface area contributed by atoms with Crippen LogP contribution < -0.4 is 0 Å². The molecule has 0 fully saturated rings. The molecule has 7 aromatic rings. The van der Waals surface area contributed by atoms with Crippen LogP contribution in [-0.4, -0.2) is 44.3 Å². The van der Waals surface area contributed by atoms with Gasteiger partial charge in [0.1, 0.15) is 17.1 Å². The van der Waals surface area contributed by atoms with Crippen molar-refractivity contribution >= 4 is 0 Å². The zero-order valence-corrected chi connectivity index (χ0v) is 21.3. The van der Waals surface area contributed by atoms with E-state index in [9.17, 15) is 0 Å². The van der Waals surface area contributed by atoms with Crippen LogP contribution >= 0.6 is 0 Å². The van der Waals surface area contributed by atoms with E-state index in [-0.39, 0.29) is 0 Å². The van der Waals surface area contributed by atoms with Crippen molar-refractivity contribution in [1.29, 1.82) is 0 Å². The molecule has 0 radical (unpaired) electrons. The van der Waals surface area contributed by atoms with Gasteiger partial charge in [0.15, 0.2) is 0 Å². The molecule has 40 heavy (non-hydrogen) atoms. The summed E-state index contributed by atoms with van der Waals surface area (Å²) in [6.45, 7) is 0. The summed E-state index contributed by atoms with van der Waals surface area (Å²) in [5.41, 5.74) is 5.41. The number of pyridine rings is 3. The topological polar surface area (TPSA) is 92.1 Å². The lowest BCUT2D eigenvalue weighted by Gasteiger charge is -2.35. The average molecular weight is 522 g/mol. The molecular formula is C31H23N9. The van der Waals surface area contributed by atoms with Crippen molar-refractivity contribution in [3.63, 3.8) is 0 Å². The smallest absolute Gasteiger partial charge is 0.255 e. The Labute approximate surface area is 230 Å². The lowest BCUT2D eigenvalue weighted by Crippen LogP contribution is -2.50. The maximum atomic E-state index is 5.05. The van der Waals surface area contributed by atoms with Crippen LogP contribution in [0.5, 0.6) is 0 Å². The summed E-state index contributed by atoms with van der Waals surface area (Å²) in [6, 6.07) is 33.3. The molecule has 6 heterocycles. The van der Waals surface area contributed by atoms with E-state index in [0.717, 1.165) is 39.7 Å². The summed E-state index contributed by atoms with van der Waals surface area (Å²) in [6.07, 6.45) is 11.1. The van der Waals surface area contributed by atoms with E-state index >= 15 is 0 Å². The molecular weight excluding hydrogens is 498 g/mol. The Morgan fingerprint density at radius 3 is 1.10 bits per heavy atom. The highest BCUT2D eigenvalue weighted by atomic mass is 15.6. The van der Waals surface area contributed by atoms with Gasteiger partial charge < -0.3 is 0 Å². The number of aromatic nitrogens is 9. The number of hydrogen-bond acceptors (Lipinski definition) is 6. The second kappa shape index (κ2) is 9.88. The Morgan fingerprint density at radius 2 is 0.750 bits per heavy atom. The standard InChI is InChI=1S/C31H23N9/c1-2-10-24(11-3-1)31(38-21-15-28(35-38)25-12-4-7-18-32-25,39-22-16-29(36-39)26-13-5-8-19-33-26)40-23-17-30(37-40)27-14-6-9-20-34-27/h1-23H. The van der Waals surface area contributed by atoms with Gasteiger partial charge in [0, 0.05) is 42.7 Å². The van der Waals surface area contributed by atoms with Gasteiger partial charge in [0.25, 0.3) is 5.79 Å². The highest BCUT2D eigenvalue weighted by Gasteiger charge is 2.42. The Kier molecular flexibility index (Phi) is 5.78. The molecule has 0 aliphatic heterocycles. The molecule has 0 bridgehead atoms. The van der Waals surface area contributed by atoms with Crippen LogP contribution in [0.2, 0.25) is 0 Å². The van der Waals surface area contributed by atoms with Crippen LogP contribution in [0.1, 0.15) is 5.56 Å². The first kappa shape index (κ1) is 23.4. The maximum absolute atomic E-state index is 5.05. The minimum atomic E-state index is -1.14. The van der Waals surface area contributed by atoms with Crippen LogP contribution in [0.4, 0.5) is 0 Å². The molecule has 0 aliphatic carbocycles. The fourth-order valence-electron chi connectivity index (χ4n) is 4.82. The van der Waals surface area contributed by atoms with Crippen molar-refractivity contribution < 1.29 is 0 Å². The fourth-order valence-corrected chi connectivity index (χ4v) is 4.82. The van der Waals surface area contributed by atoms with Crippen molar-refractivity contribution in [3.05, 3.63) is 146 Å². The van der Waals surface area contributed by atoms with E-state index in [1.54, 1.807) is 18.6 Å². The second-order valence-electron chi connectivity index (χ2n) is 9.08. The van der Waals surface area contributed by atoms with Crippen molar-refractivity contribution in [3.8, 4) is 34.2 Å². The molecule has 0 aliphatic rings. The Morgan fingerprint density at radius 1 is 0.375 bits per heavy atom. The summed E-state index contributed by atoms with van der Waals surface area (Å²) < 4.78 is 5.62. The Hall–Kier alpha value is -5.70. The second-order valence-corrected chi connectivity index (χ2v) is 9.08. The van der Waals surface area contributed by atoms with Gasteiger partial charge in [-0.2, -0.15) is 15.3 Å². The molecule has 9 heteroatoms. The minimum Gasteiger partial charge on any atom is -0.255 e. The summed E-state index contributed by atoms with van der Waals surface area (Å²) in [4.78, 5) is 13.5. The molecule has 0 saturated heterocycles. The van der Waals surface area contributed by atoms with E-state index in [1.165, 1.54) is 0 Å². The number of hydrogen-bond donors (Lipinski definition) is 0. The normalized spacial score (nSPS) is 11.5. The first-order valence-electron chi connectivity index (χ1n) is 12.8. The molecule has 0 amide bonds. The molecule has 7 rings (SSSR count). The van der Waals surface area contributed by atoms with Crippen LogP contribution in [0.25, 0.3) is 34.2 Å². The molecule has 9 nitrogen and oxygen atoms in total. The van der Waals surface area contributed by atoms with E-state index < -0.39 is 5.79 Å². The lowest BCUT2D eigenvalue weighted by molar-refractivity contribution is 0.170. The molecule has 6 aromatic heterocycles. The summed E-state index contributed by atoms with van der Waals surface area (Å²) in [7, 11) is 0. The highest BCUT2D eigenvalue weighted by Crippen LogP contribution is 2.33. The fraction of sp³-hybridized carbons (Fsp3) is 0.0323. The molecule has 0 N–H and O–H groups in total. The quantitative estimate of drug-likeness (QED) is 0.286. The van der Waals surface area contributed by atoms with Crippen molar-refractivity contribution in [2.24, 2.45) is 0 Å². The lowest BCUT2D eigenvalue weighted by atomic mass is 10.1. The van der Waals surface area contributed by atoms with Gasteiger partial charge >= 0.3 is 0 Å². The van der Waals surface area contributed by atoms with Crippen LogP contribution in [0.3, 0.4) is 0 Å². The zero-order chi connectivity index (χ0) is 26.8.